The monoisotopic (exact) mass is 494 g/mol. The van der Waals surface area contributed by atoms with Crippen molar-refractivity contribution in [2.24, 2.45) is 17.3 Å². The lowest BCUT2D eigenvalue weighted by molar-refractivity contribution is -0.126. The molecule has 2 aromatic rings. The Hall–Kier alpha value is -2.51. The smallest absolute Gasteiger partial charge is 0.283 e. The molecule has 10 heteroatoms. The van der Waals surface area contributed by atoms with Crippen molar-refractivity contribution in [2.75, 3.05) is 17.1 Å². The van der Waals surface area contributed by atoms with Crippen molar-refractivity contribution in [3.05, 3.63) is 60.2 Å². The molecule has 1 saturated carbocycles. The molecule has 1 fully saturated rings. The number of methoxy groups -OCH3 is 1. The second-order valence-electron chi connectivity index (χ2n) is 8.74. The number of amides is 1. The molecule has 176 valence electrons. The summed E-state index contributed by atoms with van der Waals surface area (Å²) in [4.78, 5) is 12.8. The van der Waals surface area contributed by atoms with Crippen LogP contribution in [0, 0.1) is 17.3 Å². The molecule has 4 atom stereocenters. The van der Waals surface area contributed by atoms with Gasteiger partial charge in [0, 0.05) is 23.0 Å². The normalized spacial score (nSPS) is 24.0. The van der Waals surface area contributed by atoms with Crippen LogP contribution in [0.2, 0.25) is 0 Å². The zero-order chi connectivity index (χ0) is 24.0. The Balaban J connectivity index is 1.55. The van der Waals surface area contributed by atoms with Crippen LogP contribution < -0.4 is 14.8 Å². The number of benzene rings is 2. The van der Waals surface area contributed by atoms with Crippen molar-refractivity contribution in [1.29, 1.82) is 0 Å². The van der Waals surface area contributed by atoms with E-state index >= 15 is 0 Å². The van der Waals surface area contributed by atoms with Gasteiger partial charge in [0.2, 0.25) is 5.91 Å². The minimum atomic E-state index is -4.15. The number of allylic oxidation sites excluding steroid dienone is 2. The van der Waals surface area contributed by atoms with Gasteiger partial charge >= 0.3 is 0 Å². The molecule has 4 rings (SSSR count). The van der Waals surface area contributed by atoms with Crippen molar-refractivity contribution in [3.8, 4) is 5.75 Å². The van der Waals surface area contributed by atoms with E-state index in [9.17, 15) is 22.0 Å². The fraction of sp³-hybridized carbons (Fsp3) is 0.348. The Bertz CT molecular complexity index is 1230. The average Bonchev–Trinajstić information content (AvgIpc) is 3.34. The maximum Gasteiger partial charge on any atom is 0.283 e. The highest BCUT2D eigenvalue weighted by molar-refractivity contribution is 7.92. The summed E-state index contributed by atoms with van der Waals surface area (Å²) in [6.45, 7) is 1.95. The number of ether oxygens (including phenoxy) is 1. The number of carbonyl (C=O) groups is 1. The summed E-state index contributed by atoms with van der Waals surface area (Å²) in [7, 11) is -1.41. The van der Waals surface area contributed by atoms with Gasteiger partial charge in [-0.15, -0.1) is 0 Å². The number of hydrogen-bond acceptors (Lipinski definition) is 4. The van der Waals surface area contributed by atoms with E-state index in [2.05, 4.69) is 22.2 Å². The topological polar surface area (TPSA) is 84.5 Å². The van der Waals surface area contributed by atoms with E-state index in [1.807, 2.05) is 6.92 Å². The van der Waals surface area contributed by atoms with Crippen molar-refractivity contribution >= 4 is 36.5 Å². The maximum atomic E-state index is 13.6. The molecule has 0 aliphatic heterocycles. The van der Waals surface area contributed by atoms with E-state index < -0.39 is 21.1 Å². The minimum Gasteiger partial charge on any atom is -0.495 e. The standard InChI is InChI=1S/C23H25F2N2O4PS/c1-22(13-14-6-7-15(22)10-14)21(28)26-17-8-9-20(19(12-17)31-2)33(29,30)27-18-5-3-4-16(11-18)23(24,25)32/h3-9,11-12,14-15,27H,10,13,32H2,1-2H3,(H,26,28). The number of halogens is 2. The van der Waals surface area contributed by atoms with Gasteiger partial charge in [-0.3, -0.25) is 9.52 Å². The Morgan fingerprint density at radius 1 is 1.18 bits per heavy atom. The van der Waals surface area contributed by atoms with Crippen molar-refractivity contribution in [3.63, 3.8) is 0 Å². The van der Waals surface area contributed by atoms with Gasteiger partial charge in [-0.2, -0.15) is 8.78 Å². The molecule has 2 bridgehead atoms. The quantitative estimate of drug-likeness (QED) is 0.421. The van der Waals surface area contributed by atoms with Crippen LogP contribution in [-0.2, 0) is 20.5 Å². The van der Waals surface area contributed by atoms with Crippen molar-refractivity contribution in [1.82, 2.24) is 0 Å². The van der Waals surface area contributed by atoms with Gasteiger partial charge in [0.25, 0.3) is 15.7 Å². The van der Waals surface area contributed by atoms with E-state index in [0.29, 0.717) is 11.6 Å². The Labute approximate surface area is 194 Å². The Morgan fingerprint density at radius 3 is 2.55 bits per heavy atom. The van der Waals surface area contributed by atoms with Gasteiger partial charge < -0.3 is 10.1 Å². The highest BCUT2D eigenvalue weighted by Crippen LogP contribution is 2.52. The lowest BCUT2D eigenvalue weighted by Crippen LogP contribution is -2.36. The number of fused-ring (bicyclic) bond motifs is 2. The van der Waals surface area contributed by atoms with Crippen LogP contribution in [0.1, 0.15) is 25.3 Å². The molecule has 33 heavy (non-hydrogen) atoms. The summed E-state index contributed by atoms with van der Waals surface area (Å²) in [6.07, 6.45) is 6.01. The van der Waals surface area contributed by atoms with E-state index in [1.165, 1.54) is 52.7 Å². The van der Waals surface area contributed by atoms with Gasteiger partial charge in [-0.1, -0.05) is 40.4 Å². The summed E-state index contributed by atoms with van der Waals surface area (Å²) in [6, 6.07) is 9.22. The number of hydrogen-bond donors (Lipinski definition) is 2. The minimum absolute atomic E-state index is 0.00803. The van der Waals surface area contributed by atoms with Crippen LogP contribution in [0.15, 0.2) is 59.5 Å². The predicted molar refractivity (Wildman–Crippen MR) is 126 cm³/mol. The number of carbonyl (C=O) groups excluding carboxylic acids is 1. The summed E-state index contributed by atoms with van der Waals surface area (Å²) < 4.78 is 60.6. The first-order valence-electron chi connectivity index (χ1n) is 10.4. The largest absolute Gasteiger partial charge is 0.495 e. The molecule has 2 aromatic carbocycles. The van der Waals surface area contributed by atoms with Gasteiger partial charge in [-0.25, -0.2) is 8.42 Å². The first kappa shape index (κ1) is 23.6. The molecule has 1 amide bonds. The Kier molecular flexibility index (Phi) is 5.99. The number of rotatable bonds is 7. The first-order valence-corrected chi connectivity index (χ1v) is 12.5. The maximum absolute atomic E-state index is 13.6. The van der Waals surface area contributed by atoms with Crippen LogP contribution in [0.25, 0.3) is 0 Å². The number of anilines is 2. The van der Waals surface area contributed by atoms with Crippen molar-refractivity contribution < 1.29 is 26.7 Å². The molecule has 0 saturated heterocycles. The lowest BCUT2D eigenvalue weighted by Gasteiger charge is -2.30. The molecule has 0 aromatic heterocycles. The zero-order valence-electron chi connectivity index (χ0n) is 18.1. The molecule has 0 radical (unpaired) electrons. The van der Waals surface area contributed by atoms with E-state index in [0.717, 1.165) is 18.9 Å². The number of nitrogens with one attached hydrogen (secondary N) is 2. The summed E-state index contributed by atoms with van der Waals surface area (Å²) in [5.74, 6) is 0.512. The van der Waals surface area contributed by atoms with Crippen LogP contribution >= 0.6 is 9.24 Å². The molecule has 2 aliphatic carbocycles. The third-order valence-corrected chi connectivity index (χ3v) is 8.16. The first-order chi connectivity index (χ1) is 15.4. The molecule has 2 aliphatic rings. The average molecular weight is 495 g/mol. The molecular formula is C23H25F2N2O4PS. The summed E-state index contributed by atoms with van der Waals surface area (Å²) >= 11 is 0. The summed E-state index contributed by atoms with van der Waals surface area (Å²) in [5.41, 5.74) is -3.64. The second-order valence-corrected chi connectivity index (χ2v) is 11.1. The highest BCUT2D eigenvalue weighted by atomic mass is 32.2. The molecule has 0 heterocycles. The van der Waals surface area contributed by atoms with Gasteiger partial charge in [0.05, 0.1) is 12.5 Å². The third-order valence-electron chi connectivity index (χ3n) is 6.41. The van der Waals surface area contributed by atoms with Gasteiger partial charge in [0.15, 0.2) is 0 Å². The van der Waals surface area contributed by atoms with Crippen LogP contribution in [0.4, 0.5) is 20.2 Å². The number of alkyl halides is 2. The van der Waals surface area contributed by atoms with Gasteiger partial charge in [0.1, 0.15) is 10.6 Å². The highest BCUT2D eigenvalue weighted by Gasteiger charge is 2.49. The predicted octanol–water partition coefficient (Wildman–Crippen LogP) is 4.96. The molecule has 4 unspecified atom stereocenters. The van der Waals surface area contributed by atoms with Gasteiger partial charge in [-0.05, 0) is 48.9 Å². The lowest BCUT2D eigenvalue weighted by atomic mass is 9.77. The Morgan fingerprint density at radius 2 is 1.94 bits per heavy atom. The van der Waals surface area contributed by atoms with Crippen LogP contribution in [0.5, 0.6) is 5.75 Å². The van der Waals surface area contributed by atoms with Crippen LogP contribution in [0.3, 0.4) is 0 Å². The van der Waals surface area contributed by atoms with E-state index in [1.54, 1.807) is 0 Å². The second kappa shape index (κ2) is 8.37. The zero-order valence-corrected chi connectivity index (χ0v) is 20.1. The fourth-order valence-corrected chi connectivity index (χ4v) is 5.98. The molecule has 0 spiro atoms. The van der Waals surface area contributed by atoms with E-state index in [4.69, 9.17) is 4.74 Å². The fourth-order valence-electron chi connectivity index (χ4n) is 4.60. The SMILES string of the molecule is COc1cc(NC(=O)C2(C)CC3C=CC2C3)ccc1S(=O)(=O)Nc1cccc(C(F)(F)P)c1. The molecular weight excluding hydrogens is 469 g/mol. The third kappa shape index (κ3) is 4.62. The summed E-state index contributed by atoms with van der Waals surface area (Å²) in [5, 5.41) is 2.88. The number of sulfonamides is 1. The van der Waals surface area contributed by atoms with E-state index in [-0.39, 0.29) is 33.7 Å². The van der Waals surface area contributed by atoms with Crippen molar-refractivity contribution in [2.45, 2.75) is 30.3 Å². The molecule has 2 N–H and O–H groups in total. The van der Waals surface area contributed by atoms with Crippen LogP contribution in [-0.4, -0.2) is 21.4 Å². The molecule has 6 nitrogen and oxygen atoms in total.